The fourth-order valence-electron chi connectivity index (χ4n) is 12.9. The minimum atomic E-state index is -1.51. The van der Waals surface area contributed by atoms with Crippen LogP contribution in [-0.4, -0.2) is 194 Å². The summed E-state index contributed by atoms with van der Waals surface area (Å²) in [4.78, 5) is 71.6. The molecule has 450 valence electrons. The molecule has 1 aliphatic carbocycles. The first-order chi connectivity index (χ1) is 37.6. The van der Waals surface area contributed by atoms with Crippen molar-refractivity contribution in [1.29, 1.82) is 0 Å². The van der Waals surface area contributed by atoms with Gasteiger partial charge in [-0.05, 0) is 113 Å². The average molecular weight is 1150 g/mol. The Labute approximate surface area is 475 Å². The quantitative estimate of drug-likeness (QED) is 0.0940. The Morgan fingerprint density at radius 1 is 0.900 bits per heavy atom. The summed E-state index contributed by atoms with van der Waals surface area (Å²) in [5.74, 6) is -5.47. The third-order valence-electron chi connectivity index (χ3n) is 17.8. The second kappa shape index (κ2) is 25.9. The molecule has 5 aliphatic rings. The zero-order chi connectivity index (χ0) is 58.9. The highest BCUT2D eigenvalue weighted by atomic mass is 35.5. The molecule has 5 heterocycles. The number of ether oxygens (including phenoxy) is 10. The Hall–Kier alpha value is -4.00. The predicted octanol–water partition coefficient (Wildman–Crippen LogP) is 7.08. The number of likely N-dealkylation sites (N-methyl/N-ethyl adjacent to an activating group) is 2. The number of halogens is 1. The van der Waals surface area contributed by atoms with Crippen molar-refractivity contribution in [1.82, 2.24) is 14.4 Å². The van der Waals surface area contributed by atoms with Crippen LogP contribution in [0, 0.1) is 23.7 Å². The van der Waals surface area contributed by atoms with E-state index in [0.717, 1.165) is 12.8 Å². The maximum Gasteiger partial charge on any atom is 0.509 e. The van der Waals surface area contributed by atoms with Gasteiger partial charge in [0.15, 0.2) is 24.3 Å². The van der Waals surface area contributed by atoms with Crippen LogP contribution in [-0.2, 0) is 57.0 Å². The van der Waals surface area contributed by atoms with Gasteiger partial charge in [0.1, 0.15) is 29.7 Å². The van der Waals surface area contributed by atoms with E-state index >= 15 is 0 Å². The number of anilines is 1. The van der Waals surface area contributed by atoms with Gasteiger partial charge in [0.25, 0.3) is 0 Å². The van der Waals surface area contributed by atoms with E-state index < -0.39 is 119 Å². The summed E-state index contributed by atoms with van der Waals surface area (Å²) in [5.41, 5.74) is -3.39. The summed E-state index contributed by atoms with van der Waals surface area (Å²) in [6.07, 6.45) is -4.69. The number of Topliss-reactive ketones (excluding diaryl/α,β-unsaturated/α-hetero) is 1. The van der Waals surface area contributed by atoms with E-state index in [1.807, 2.05) is 65.2 Å². The molecule has 0 radical (unpaired) electrons. The Kier molecular flexibility index (Phi) is 20.6. The Morgan fingerprint density at radius 2 is 1.57 bits per heavy atom. The Morgan fingerprint density at radius 3 is 2.20 bits per heavy atom. The number of carbonyl (C=O) groups is 4. The molecule has 0 bridgehead atoms. The lowest BCUT2D eigenvalue weighted by Crippen LogP contribution is -2.61. The standard InChI is InChI=1S/C58H89ClN4O17/c1-16-43-58(10)50(79-55(70)80-58)32(4)45(64)30(2)27-56(8,71-14)49(78-54-47(66)42(61(11)12)24-31(3)74-54)33(5)48(34(6)53(69)76-43)77-44-28-57(9,72-15)51(35(7)75-44)73-23-17-21-62(13)22-20-60-40-25-37-41(26-39(40)59)63(36-18-19-36)29-38(46(37)65)52(67)68/h25-26,29-36,42-44,47-51,54,60,66H,16-24,27-28H2,1-15H3,(H,67,68)/t30-,31-,32-,33+,34+,35-,42+,43-,44+,47+,48+,49-,50+,51+,54+,56+,57-,58-/m0/s1. The Bertz CT molecular complexity index is 2580. The zero-order valence-corrected chi connectivity index (χ0v) is 50.2. The van der Waals surface area contributed by atoms with Crippen LogP contribution < -0.4 is 10.7 Å². The lowest BCUT2D eigenvalue weighted by atomic mass is 9.74. The van der Waals surface area contributed by atoms with Crippen molar-refractivity contribution in [2.75, 3.05) is 66.9 Å². The molecule has 18 atom stereocenters. The van der Waals surface area contributed by atoms with Gasteiger partial charge in [0.05, 0.1) is 63.7 Å². The molecule has 1 aromatic heterocycles. The number of aromatic carboxylic acids is 1. The number of fused-ring (bicyclic) bond motifs is 2. The van der Waals surface area contributed by atoms with Crippen LogP contribution in [0.5, 0.6) is 0 Å². The molecule has 4 aliphatic heterocycles. The number of benzene rings is 1. The number of carbonyl (C=O) groups excluding carboxylic acids is 3. The van der Waals surface area contributed by atoms with Gasteiger partial charge in [0, 0.05) is 82.4 Å². The summed E-state index contributed by atoms with van der Waals surface area (Å²) < 4.78 is 66.1. The Balaban J connectivity index is 1.07. The first-order valence-electron chi connectivity index (χ1n) is 28.5. The number of pyridine rings is 1. The van der Waals surface area contributed by atoms with E-state index in [4.69, 9.17) is 59.0 Å². The van der Waals surface area contributed by atoms with Crippen LogP contribution in [0.4, 0.5) is 10.5 Å². The van der Waals surface area contributed by atoms with Crippen molar-refractivity contribution in [2.24, 2.45) is 23.7 Å². The van der Waals surface area contributed by atoms with E-state index in [1.54, 1.807) is 53.9 Å². The normalized spacial score (nSPS) is 37.5. The van der Waals surface area contributed by atoms with Crippen molar-refractivity contribution in [3.63, 3.8) is 0 Å². The number of esters is 1. The van der Waals surface area contributed by atoms with E-state index in [2.05, 4.69) is 10.2 Å². The van der Waals surface area contributed by atoms with Gasteiger partial charge in [0.2, 0.25) is 5.43 Å². The summed E-state index contributed by atoms with van der Waals surface area (Å²) in [5, 5.41) is 25.7. The van der Waals surface area contributed by atoms with E-state index in [9.17, 15) is 34.2 Å². The van der Waals surface area contributed by atoms with Crippen molar-refractivity contribution in [3.05, 3.63) is 39.1 Å². The average Bonchev–Trinajstić information content (AvgIpc) is 4.26. The van der Waals surface area contributed by atoms with Crippen molar-refractivity contribution in [3.8, 4) is 0 Å². The van der Waals surface area contributed by atoms with Crippen molar-refractivity contribution < 1.29 is 76.8 Å². The van der Waals surface area contributed by atoms with Gasteiger partial charge in [-0.15, -0.1) is 0 Å². The smallest absolute Gasteiger partial charge is 0.477 e. The molecule has 21 nitrogen and oxygen atoms in total. The van der Waals surface area contributed by atoms with Gasteiger partial charge in [-0.3, -0.25) is 14.4 Å². The number of aliphatic hydroxyl groups is 1. The molecule has 0 unspecified atom stereocenters. The lowest BCUT2D eigenvalue weighted by Gasteiger charge is -2.50. The van der Waals surface area contributed by atoms with Gasteiger partial charge in [-0.1, -0.05) is 39.3 Å². The minimum absolute atomic E-state index is 0.117. The molecule has 2 aromatic rings. The number of carboxylic acids is 1. The number of cyclic esters (lactones) is 1. The molecule has 22 heteroatoms. The van der Waals surface area contributed by atoms with Crippen LogP contribution >= 0.6 is 11.6 Å². The predicted molar refractivity (Wildman–Crippen MR) is 297 cm³/mol. The number of nitrogens with one attached hydrogen (secondary N) is 1. The van der Waals surface area contributed by atoms with Crippen LogP contribution in [0.2, 0.25) is 5.02 Å². The summed E-state index contributed by atoms with van der Waals surface area (Å²) in [7, 11) is 8.90. The highest BCUT2D eigenvalue weighted by Crippen LogP contribution is 2.45. The largest absolute Gasteiger partial charge is 0.509 e. The third kappa shape index (κ3) is 13.5. The second-order valence-electron chi connectivity index (χ2n) is 24.1. The van der Waals surface area contributed by atoms with Crippen molar-refractivity contribution >= 4 is 52.1 Å². The molecule has 3 N–H and O–H groups in total. The second-order valence-corrected chi connectivity index (χ2v) is 24.5. The zero-order valence-electron chi connectivity index (χ0n) is 49.5. The molecule has 1 aromatic carbocycles. The monoisotopic (exact) mass is 1150 g/mol. The molecule has 5 fully saturated rings. The number of ketones is 1. The minimum Gasteiger partial charge on any atom is -0.477 e. The number of hydrogen-bond acceptors (Lipinski definition) is 19. The molecule has 1 saturated carbocycles. The van der Waals surface area contributed by atoms with Gasteiger partial charge >= 0.3 is 18.1 Å². The molecule has 0 spiro atoms. The summed E-state index contributed by atoms with van der Waals surface area (Å²) >= 11 is 6.71. The molecular formula is C58H89ClN4O17. The van der Waals surface area contributed by atoms with Crippen LogP contribution in [0.1, 0.15) is 131 Å². The fourth-order valence-corrected chi connectivity index (χ4v) is 13.1. The number of methoxy groups -OCH3 is 2. The van der Waals surface area contributed by atoms with E-state index in [0.29, 0.717) is 60.7 Å². The SMILES string of the molecule is CC[C@@H]1OC(=O)[C@H](C)[C@H](O[C@@H]2C[C@](C)(OC)[C@H](OCCCN(C)CCNc3cc4c(=O)c(C(=O)O)cn(C5CC5)c4cc3Cl)[C@H](C)O2)[C@@H](C)[C@H](O[C@H]2O[C@@H](C)C[C@@H](N(C)C)[C@H]2O)[C@](C)(OC)C[C@H](C)C(=O)[C@H](C)[C@H]2OC(=O)O[C@@]12C. The van der Waals surface area contributed by atoms with Gasteiger partial charge in [-0.25, -0.2) is 9.59 Å². The topological polar surface area (TPSA) is 242 Å². The first kappa shape index (κ1) is 63.6. The fraction of sp³-hybridized carbons (Fsp3) is 0.776. The van der Waals surface area contributed by atoms with Crippen LogP contribution in [0.25, 0.3) is 10.9 Å². The number of aromatic nitrogens is 1. The summed E-state index contributed by atoms with van der Waals surface area (Å²) in [6.45, 7) is 20.2. The number of rotatable bonds is 19. The lowest BCUT2D eigenvalue weighted by molar-refractivity contribution is -0.322. The van der Waals surface area contributed by atoms with Gasteiger partial charge < -0.3 is 77.3 Å². The van der Waals surface area contributed by atoms with Crippen molar-refractivity contribution in [2.45, 2.75) is 204 Å². The number of hydrogen-bond donors (Lipinski definition) is 3. The molecule has 0 amide bonds. The highest BCUT2D eigenvalue weighted by Gasteiger charge is 2.60. The van der Waals surface area contributed by atoms with Gasteiger partial charge in [-0.2, -0.15) is 0 Å². The maximum atomic E-state index is 14.8. The number of carboxylic acid groups (broad SMARTS) is 1. The molecule has 80 heavy (non-hydrogen) atoms. The van der Waals surface area contributed by atoms with Crippen LogP contribution in [0.3, 0.4) is 0 Å². The number of nitrogens with zero attached hydrogens (tertiary/aromatic N) is 3. The van der Waals surface area contributed by atoms with E-state index in [-0.39, 0.29) is 48.8 Å². The number of aliphatic hydroxyl groups excluding tert-OH is 1. The highest BCUT2D eigenvalue weighted by molar-refractivity contribution is 6.34. The molecule has 7 rings (SSSR count). The maximum absolute atomic E-state index is 14.8. The first-order valence-corrected chi connectivity index (χ1v) is 28.9. The van der Waals surface area contributed by atoms with E-state index in [1.165, 1.54) is 13.3 Å². The van der Waals surface area contributed by atoms with Crippen LogP contribution in [0.15, 0.2) is 23.1 Å². The summed E-state index contributed by atoms with van der Waals surface area (Å²) in [6, 6.07) is 3.19. The third-order valence-corrected chi connectivity index (χ3v) is 18.1. The molecule has 4 saturated heterocycles. The molecular weight excluding hydrogens is 1060 g/mol.